The first-order chi connectivity index (χ1) is 9.96. The first kappa shape index (κ1) is 15.3. The van der Waals surface area contributed by atoms with Crippen LogP contribution in [0, 0.1) is 17.2 Å². The fraction of sp³-hybridized carbons (Fsp3) is 0.500. The molecule has 1 atom stereocenters. The third-order valence-corrected chi connectivity index (χ3v) is 3.70. The third-order valence-electron chi connectivity index (χ3n) is 3.70. The number of hydrogen-bond donors (Lipinski definition) is 1. The van der Waals surface area contributed by atoms with Gasteiger partial charge in [0.05, 0.1) is 11.6 Å². The van der Waals surface area contributed by atoms with Gasteiger partial charge in [-0.1, -0.05) is 0 Å². The first-order valence-electron chi connectivity index (χ1n) is 7.05. The Kier molecular flexibility index (Phi) is 4.49. The molecule has 2 rings (SSSR count). The Morgan fingerprint density at radius 1 is 1.48 bits per heavy atom. The lowest BCUT2D eigenvalue weighted by Gasteiger charge is -2.30. The Balaban J connectivity index is 2.03. The molecule has 0 spiro atoms. The van der Waals surface area contributed by atoms with Crippen LogP contribution >= 0.6 is 0 Å². The maximum atomic E-state index is 12.5. The minimum absolute atomic E-state index is 0.0807. The van der Waals surface area contributed by atoms with Crippen molar-refractivity contribution in [3.05, 3.63) is 29.8 Å². The number of ether oxygens (including phenoxy) is 1. The average Bonchev–Trinajstić information content (AvgIpc) is 2.95. The zero-order valence-corrected chi connectivity index (χ0v) is 12.4. The molecule has 0 bridgehead atoms. The zero-order chi connectivity index (χ0) is 15.5. The summed E-state index contributed by atoms with van der Waals surface area (Å²) >= 11 is 0. The SMILES string of the molecule is CC(C)(Oc1ccc(C#N)cc1)C(=O)N1CCC(CO)C1. The fourth-order valence-corrected chi connectivity index (χ4v) is 2.48. The Morgan fingerprint density at radius 3 is 2.67 bits per heavy atom. The number of carbonyl (C=O) groups excluding carboxylic acids is 1. The molecule has 1 aromatic rings. The lowest BCUT2D eigenvalue weighted by Crippen LogP contribution is -2.48. The van der Waals surface area contributed by atoms with Crippen molar-refractivity contribution in [2.24, 2.45) is 5.92 Å². The van der Waals surface area contributed by atoms with Gasteiger partial charge in [0.2, 0.25) is 0 Å². The van der Waals surface area contributed by atoms with Gasteiger partial charge in [0.15, 0.2) is 5.60 Å². The molecule has 1 aliphatic rings. The molecule has 0 radical (unpaired) electrons. The highest BCUT2D eigenvalue weighted by atomic mass is 16.5. The van der Waals surface area contributed by atoms with Crippen molar-refractivity contribution in [1.82, 2.24) is 4.90 Å². The third kappa shape index (κ3) is 3.53. The quantitative estimate of drug-likeness (QED) is 0.912. The van der Waals surface area contributed by atoms with Gasteiger partial charge in [-0.15, -0.1) is 0 Å². The van der Waals surface area contributed by atoms with Crippen LogP contribution < -0.4 is 4.74 Å². The van der Waals surface area contributed by atoms with Crippen LogP contribution in [0.5, 0.6) is 5.75 Å². The molecule has 112 valence electrons. The smallest absolute Gasteiger partial charge is 0.266 e. The average molecular weight is 288 g/mol. The van der Waals surface area contributed by atoms with E-state index in [0.717, 1.165) is 6.42 Å². The molecule has 1 saturated heterocycles. The summed E-state index contributed by atoms with van der Waals surface area (Å²) in [4.78, 5) is 14.3. The minimum atomic E-state index is -0.974. The van der Waals surface area contributed by atoms with Crippen molar-refractivity contribution in [2.75, 3.05) is 19.7 Å². The number of amides is 1. The summed E-state index contributed by atoms with van der Waals surface area (Å²) in [5, 5.41) is 17.9. The fourth-order valence-electron chi connectivity index (χ4n) is 2.48. The van der Waals surface area contributed by atoms with Gasteiger partial charge in [-0.25, -0.2) is 0 Å². The summed E-state index contributed by atoms with van der Waals surface area (Å²) in [6, 6.07) is 8.74. The molecule has 0 aliphatic carbocycles. The van der Waals surface area contributed by atoms with E-state index in [1.165, 1.54) is 0 Å². The molecular formula is C16H20N2O3. The van der Waals surface area contributed by atoms with Gasteiger partial charge < -0.3 is 14.7 Å². The molecule has 1 aliphatic heterocycles. The van der Waals surface area contributed by atoms with E-state index in [4.69, 9.17) is 15.1 Å². The summed E-state index contributed by atoms with van der Waals surface area (Å²) in [5.41, 5.74) is -0.421. The lowest BCUT2D eigenvalue weighted by atomic mass is 10.1. The van der Waals surface area contributed by atoms with Crippen molar-refractivity contribution in [3.8, 4) is 11.8 Å². The van der Waals surface area contributed by atoms with Crippen LogP contribution in [0.25, 0.3) is 0 Å². The minimum Gasteiger partial charge on any atom is -0.478 e. The van der Waals surface area contributed by atoms with Crippen molar-refractivity contribution in [2.45, 2.75) is 25.9 Å². The molecule has 5 heteroatoms. The molecule has 0 aromatic heterocycles. The van der Waals surface area contributed by atoms with Crippen LogP contribution in [-0.2, 0) is 4.79 Å². The summed E-state index contributed by atoms with van der Waals surface area (Å²) in [5.74, 6) is 0.646. The molecule has 1 unspecified atom stereocenters. The number of aliphatic hydroxyl groups excluding tert-OH is 1. The van der Waals surface area contributed by atoms with Crippen LogP contribution in [0.15, 0.2) is 24.3 Å². The highest BCUT2D eigenvalue weighted by Crippen LogP contribution is 2.24. The number of hydrogen-bond acceptors (Lipinski definition) is 4. The van der Waals surface area contributed by atoms with Gasteiger partial charge in [0, 0.05) is 25.6 Å². The number of aliphatic hydroxyl groups is 1. The van der Waals surface area contributed by atoms with E-state index in [2.05, 4.69) is 0 Å². The number of benzene rings is 1. The van der Waals surface area contributed by atoms with Gasteiger partial charge in [-0.2, -0.15) is 5.26 Å². The van der Waals surface area contributed by atoms with Gasteiger partial charge in [-0.3, -0.25) is 4.79 Å². The second kappa shape index (κ2) is 6.15. The molecule has 1 fully saturated rings. The Labute approximate surface area is 124 Å². The predicted molar refractivity (Wildman–Crippen MR) is 77.6 cm³/mol. The van der Waals surface area contributed by atoms with Gasteiger partial charge in [0.1, 0.15) is 5.75 Å². The van der Waals surface area contributed by atoms with Crippen LogP contribution in [0.3, 0.4) is 0 Å². The summed E-state index contributed by atoms with van der Waals surface area (Å²) in [6.07, 6.45) is 0.829. The molecule has 1 heterocycles. The van der Waals surface area contributed by atoms with Crippen LogP contribution in [0.4, 0.5) is 0 Å². The molecule has 21 heavy (non-hydrogen) atoms. The van der Waals surface area contributed by atoms with Gasteiger partial charge in [0.25, 0.3) is 5.91 Å². The van der Waals surface area contributed by atoms with E-state index >= 15 is 0 Å². The van der Waals surface area contributed by atoms with Crippen LogP contribution in [0.2, 0.25) is 0 Å². The molecule has 1 amide bonds. The largest absolute Gasteiger partial charge is 0.478 e. The Hall–Kier alpha value is -2.06. The highest BCUT2D eigenvalue weighted by molar-refractivity contribution is 5.85. The molecule has 1 N–H and O–H groups in total. The Morgan fingerprint density at radius 2 is 2.14 bits per heavy atom. The van der Waals surface area contributed by atoms with E-state index in [9.17, 15) is 4.79 Å². The van der Waals surface area contributed by atoms with Crippen molar-refractivity contribution in [1.29, 1.82) is 5.26 Å². The number of rotatable bonds is 4. The normalized spacial score (nSPS) is 18.4. The number of likely N-dealkylation sites (tertiary alicyclic amines) is 1. The second-order valence-corrected chi connectivity index (χ2v) is 5.84. The summed E-state index contributed by atoms with van der Waals surface area (Å²) < 4.78 is 5.78. The Bertz CT molecular complexity index is 546. The number of carbonyl (C=O) groups is 1. The van der Waals surface area contributed by atoms with E-state index in [0.29, 0.717) is 24.4 Å². The summed E-state index contributed by atoms with van der Waals surface area (Å²) in [7, 11) is 0. The first-order valence-corrected chi connectivity index (χ1v) is 7.05. The molecular weight excluding hydrogens is 268 g/mol. The highest BCUT2D eigenvalue weighted by Gasteiger charge is 2.37. The van der Waals surface area contributed by atoms with Crippen molar-refractivity contribution >= 4 is 5.91 Å². The summed E-state index contributed by atoms with van der Waals surface area (Å²) in [6.45, 7) is 4.82. The van der Waals surface area contributed by atoms with E-state index in [1.807, 2.05) is 6.07 Å². The van der Waals surface area contributed by atoms with Crippen molar-refractivity contribution in [3.63, 3.8) is 0 Å². The van der Waals surface area contributed by atoms with E-state index in [-0.39, 0.29) is 18.4 Å². The van der Waals surface area contributed by atoms with Crippen molar-refractivity contribution < 1.29 is 14.6 Å². The van der Waals surface area contributed by atoms with Crippen LogP contribution in [0.1, 0.15) is 25.8 Å². The number of nitrogens with zero attached hydrogens (tertiary/aromatic N) is 2. The number of nitriles is 1. The second-order valence-electron chi connectivity index (χ2n) is 5.84. The molecule has 1 aromatic carbocycles. The van der Waals surface area contributed by atoms with Gasteiger partial charge >= 0.3 is 0 Å². The maximum Gasteiger partial charge on any atom is 0.266 e. The molecule has 0 saturated carbocycles. The van der Waals surface area contributed by atoms with E-state index in [1.54, 1.807) is 43.0 Å². The monoisotopic (exact) mass is 288 g/mol. The zero-order valence-electron chi connectivity index (χ0n) is 12.4. The standard InChI is InChI=1S/C16H20N2O3/c1-16(2,15(20)18-8-7-13(10-18)11-19)21-14-5-3-12(9-17)4-6-14/h3-6,13,19H,7-8,10-11H2,1-2H3. The lowest BCUT2D eigenvalue weighted by molar-refractivity contribution is -0.144. The topological polar surface area (TPSA) is 73.6 Å². The van der Waals surface area contributed by atoms with Crippen LogP contribution in [-0.4, -0.2) is 41.2 Å². The van der Waals surface area contributed by atoms with E-state index < -0.39 is 5.60 Å². The maximum absolute atomic E-state index is 12.5. The predicted octanol–water partition coefficient (Wildman–Crippen LogP) is 1.56. The van der Waals surface area contributed by atoms with Gasteiger partial charge in [-0.05, 0) is 44.5 Å². The molecule has 5 nitrogen and oxygen atoms in total.